The molecule has 0 aliphatic heterocycles. The maximum absolute atomic E-state index is 3.44. The van der Waals surface area contributed by atoms with E-state index in [4.69, 9.17) is 0 Å². The quantitative estimate of drug-likeness (QED) is 0.766. The molecule has 0 saturated heterocycles. The number of nitrogens with one attached hydrogen (secondary N) is 1. The van der Waals surface area contributed by atoms with Crippen LogP contribution in [0, 0.1) is 29.1 Å². The molecule has 4 aliphatic carbocycles. The molecule has 0 heterocycles. The van der Waals surface area contributed by atoms with Crippen LogP contribution in [0.3, 0.4) is 0 Å². The van der Waals surface area contributed by atoms with Crippen LogP contribution in [0.15, 0.2) is 0 Å². The Morgan fingerprint density at radius 3 is 2.38 bits per heavy atom. The Balaban J connectivity index is 1.78. The molecule has 0 radical (unpaired) electrons. The van der Waals surface area contributed by atoms with Crippen molar-refractivity contribution in [1.29, 1.82) is 0 Å². The van der Waals surface area contributed by atoms with Crippen LogP contribution >= 0.6 is 0 Å². The second-order valence-corrected chi connectivity index (χ2v) is 6.94. The lowest BCUT2D eigenvalue weighted by atomic mass is 9.45. The number of rotatable bonds is 4. The summed E-state index contributed by atoms with van der Waals surface area (Å²) in [6, 6.07) is 0. The topological polar surface area (TPSA) is 12.0 Å². The molecule has 1 heteroatoms. The molecule has 16 heavy (non-hydrogen) atoms. The Bertz CT molecular complexity index is 244. The average Bonchev–Trinajstić information content (AvgIpc) is 2.22. The van der Waals surface area contributed by atoms with Crippen LogP contribution in [0.1, 0.15) is 51.9 Å². The summed E-state index contributed by atoms with van der Waals surface area (Å²) in [5, 5.41) is 3.44. The Hall–Kier alpha value is -0.0400. The minimum atomic E-state index is 0.801. The zero-order valence-electron chi connectivity index (χ0n) is 11.0. The molecule has 4 aliphatic rings. The molecule has 4 saturated carbocycles. The van der Waals surface area contributed by atoms with Crippen LogP contribution in [0.25, 0.3) is 0 Å². The molecule has 4 rings (SSSR count). The molecule has 2 unspecified atom stereocenters. The molecule has 4 fully saturated rings. The van der Waals surface area contributed by atoms with Gasteiger partial charge in [-0.15, -0.1) is 0 Å². The molecule has 0 aromatic heterocycles. The minimum Gasteiger partial charge on any atom is -0.319 e. The summed E-state index contributed by atoms with van der Waals surface area (Å²) in [5.41, 5.74) is 0.801. The van der Waals surface area contributed by atoms with Gasteiger partial charge in [0.15, 0.2) is 0 Å². The third-order valence-corrected chi connectivity index (χ3v) is 5.82. The van der Waals surface area contributed by atoms with Gasteiger partial charge in [-0.25, -0.2) is 0 Å². The smallest absolute Gasteiger partial charge is 0.00182 e. The van der Waals surface area contributed by atoms with Crippen LogP contribution in [0.5, 0.6) is 0 Å². The summed E-state index contributed by atoms with van der Waals surface area (Å²) >= 11 is 0. The lowest BCUT2D eigenvalue weighted by Gasteiger charge is -2.60. The average molecular weight is 221 g/mol. The second-order valence-electron chi connectivity index (χ2n) is 6.94. The van der Waals surface area contributed by atoms with Gasteiger partial charge in [0, 0.05) is 0 Å². The molecule has 0 amide bonds. The molecule has 0 aromatic carbocycles. The number of hydrogen-bond donors (Lipinski definition) is 1. The Morgan fingerprint density at radius 1 is 1.12 bits per heavy atom. The highest BCUT2D eigenvalue weighted by atomic mass is 14.8. The van der Waals surface area contributed by atoms with E-state index in [0.717, 1.165) is 29.1 Å². The van der Waals surface area contributed by atoms with E-state index in [0.29, 0.717) is 0 Å². The third-order valence-electron chi connectivity index (χ3n) is 5.82. The van der Waals surface area contributed by atoms with Crippen molar-refractivity contribution < 1.29 is 0 Å². The van der Waals surface area contributed by atoms with Crippen LogP contribution in [0.2, 0.25) is 0 Å². The minimum absolute atomic E-state index is 0.801. The van der Waals surface area contributed by atoms with Crippen LogP contribution in [0.4, 0.5) is 0 Å². The lowest BCUT2D eigenvalue weighted by molar-refractivity contribution is -0.0974. The fourth-order valence-corrected chi connectivity index (χ4v) is 5.70. The van der Waals surface area contributed by atoms with Gasteiger partial charge in [-0.3, -0.25) is 0 Å². The molecule has 92 valence electrons. The highest BCUT2D eigenvalue weighted by Crippen LogP contribution is 2.63. The molecule has 0 aromatic rings. The zero-order chi connectivity index (χ0) is 11.2. The second kappa shape index (κ2) is 4.01. The molecule has 1 N–H and O–H groups in total. The van der Waals surface area contributed by atoms with E-state index in [2.05, 4.69) is 19.3 Å². The van der Waals surface area contributed by atoms with Gasteiger partial charge in [-0.05, 0) is 81.2 Å². The van der Waals surface area contributed by atoms with E-state index < -0.39 is 0 Å². The summed E-state index contributed by atoms with van der Waals surface area (Å²) in [6.07, 6.45) is 10.8. The fraction of sp³-hybridized carbons (Fsp3) is 1.00. The van der Waals surface area contributed by atoms with Gasteiger partial charge in [-0.1, -0.05) is 13.3 Å². The summed E-state index contributed by atoms with van der Waals surface area (Å²) < 4.78 is 0. The normalized spacial score (nSPS) is 49.9. The molecule has 1 nitrogen and oxygen atoms in total. The van der Waals surface area contributed by atoms with Crippen LogP contribution in [-0.4, -0.2) is 13.6 Å². The van der Waals surface area contributed by atoms with Gasteiger partial charge < -0.3 is 5.32 Å². The van der Waals surface area contributed by atoms with Gasteiger partial charge >= 0.3 is 0 Å². The zero-order valence-corrected chi connectivity index (χ0v) is 11.0. The molecule has 0 spiro atoms. The first-order valence-electron chi connectivity index (χ1n) is 7.41. The van der Waals surface area contributed by atoms with Gasteiger partial charge in [0.25, 0.3) is 0 Å². The van der Waals surface area contributed by atoms with Crippen molar-refractivity contribution in [2.24, 2.45) is 29.1 Å². The molecule has 4 bridgehead atoms. The van der Waals surface area contributed by atoms with Gasteiger partial charge in [0.2, 0.25) is 0 Å². The molecule has 2 atom stereocenters. The predicted octanol–water partition coefficient (Wildman–Crippen LogP) is 3.45. The van der Waals surface area contributed by atoms with E-state index in [1.165, 1.54) is 19.4 Å². The maximum atomic E-state index is 3.44. The van der Waals surface area contributed by atoms with Crippen molar-refractivity contribution in [3.63, 3.8) is 0 Å². The predicted molar refractivity (Wildman–Crippen MR) is 68.3 cm³/mol. The maximum Gasteiger partial charge on any atom is -0.00182 e. The van der Waals surface area contributed by atoms with Crippen molar-refractivity contribution in [3.8, 4) is 0 Å². The van der Waals surface area contributed by atoms with Crippen LogP contribution in [-0.2, 0) is 0 Å². The number of hydrogen-bond acceptors (Lipinski definition) is 1. The van der Waals surface area contributed by atoms with Crippen molar-refractivity contribution in [1.82, 2.24) is 5.32 Å². The Labute approximate surface area is 100 Å². The summed E-state index contributed by atoms with van der Waals surface area (Å²) in [6.45, 7) is 3.66. The third kappa shape index (κ3) is 1.63. The van der Waals surface area contributed by atoms with Gasteiger partial charge in [-0.2, -0.15) is 0 Å². The highest BCUT2D eigenvalue weighted by Gasteiger charge is 2.54. The van der Waals surface area contributed by atoms with Crippen molar-refractivity contribution >= 4 is 0 Å². The van der Waals surface area contributed by atoms with E-state index >= 15 is 0 Å². The van der Waals surface area contributed by atoms with Crippen LogP contribution < -0.4 is 5.32 Å². The monoisotopic (exact) mass is 221 g/mol. The first kappa shape index (κ1) is 11.1. The lowest BCUT2D eigenvalue weighted by Crippen LogP contribution is -2.52. The van der Waals surface area contributed by atoms with Crippen molar-refractivity contribution in [2.45, 2.75) is 51.9 Å². The van der Waals surface area contributed by atoms with Crippen molar-refractivity contribution in [2.75, 3.05) is 13.6 Å². The SMILES string of the molecule is CCCC12CC3CC(C1)C(CNC)C(C3)C2. The summed E-state index contributed by atoms with van der Waals surface area (Å²) in [5.74, 6) is 4.28. The standard InChI is InChI=1S/C15H27N/c1-3-4-15-7-11-5-12(8-15)14(10-16-2)13(6-11)9-15/h11-14,16H,3-10H2,1-2H3. The van der Waals surface area contributed by atoms with E-state index in [-0.39, 0.29) is 0 Å². The Kier molecular flexibility index (Phi) is 2.78. The van der Waals surface area contributed by atoms with Gasteiger partial charge in [0.1, 0.15) is 0 Å². The Morgan fingerprint density at radius 2 is 1.81 bits per heavy atom. The molecular weight excluding hydrogens is 194 g/mol. The van der Waals surface area contributed by atoms with Gasteiger partial charge in [0.05, 0.1) is 0 Å². The van der Waals surface area contributed by atoms with E-state index in [1.54, 1.807) is 32.1 Å². The first-order chi connectivity index (χ1) is 7.76. The fourth-order valence-electron chi connectivity index (χ4n) is 5.70. The highest BCUT2D eigenvalue weighted by molar-refractivity contribution is 5.04. The van der Waals surface area contributed by atoms with E-state index in [9.17, 15) is 0 Å². The molecular formula is C15H27N. The van der Waals surface area contributed by atoms with Crippen molar-refractivity contribution in [3.05, 3.63) is 0 Å². The summed E-state index contributed by atoms with van der Waals surface area (Å²) in [7, 11) is 2.13. The first-order valence-corrected chi connectivity index (χ1v) is 7.41. The largest absolute Gasteiger partial charge is 0.319 e. The summed E-state index contributed by atoms with van der Waals surface area (Å²) in [4.78, 5) is 0. The van der Waals surface area contributed by atoms with E-state index in [1.807, 2.05) is 0 Å².